The summed E-state index contributed by atoms with van der Waals surface area (Å²) >= 11 is 0. The van der Waals surface area contributed by atoms with E-state index in [2.05, 4.69) is 17.9 Å². The Morgan fingerprint density at radius 1 is 0.565 bits per heavy atom. The highest BCUT2D eigenvalue weighted by molar-refractivity contribution is 6.39. The summed E-state index contributed by atoms with van der Waals surface area (Å²) in [6.45, 7) is 6.91. The van der Waals surface area contributed by atoms with E-state index in [-0.39, 0.29) is 11.1 Å². The second-order valence-corrected chi connectivity index (χ2v) is 11.0. The highest BCUT2D eigenvalue weighted by atomic mass is 19.1. The number of nitrogens with two attached hydrogens (primary N) is 1. The van der Waals surface area contributed by atoms with Crippen LogP contribution >= 0.6 is 0 Å². The average molecular weight is 604 g/mol. The van der Waals surface area contributed by atoms with Gasteiger partial charge in [0.05, 0.1) is 35.4 Å². The van der Waals surface area contributed by atoms with E-state index in [1.807, 2.05) is 36.4 Å². The van der Waals surface area contributed by atoms with E-state index in [4.69, 9.17) is 0 Å². The van der Waals surface area contributed by atoms with E-state index in [1.54, 1.807) is 52.0 Å². The lowest BCUT2D eigenvalue weighted by Crippen LogP contribution is -2.02. The van der Waals surface area contributed by atoms with Crippen LogP contribution in [0, 0.1) is 70.8 Å². The van der Waals surface area contributed by atoms with Crippen molar-refractivity contribution in [1.82, 2.24) is 0 Å². The maximum absolute atomic E-state index is 15.7. The van der Waals surface area contributed by atoms with E-state index in [0.29, 0.717) is 66.8 Å². The molecule has 0 bridgehead atoms. The first-order valence-electron chi connectivity index (χ1n) is 14.4. The van der Waals surface area contributed by atoms with Crippen molar-refractivity contribution in [3.8, 4) is 46.5 Å². The molecule has 2 N–H and O–H groups in total. The van der Waals surface area contributed by atoms with Gasteiger partial charge in [-0.05, 0) is 115 Å². The molecule has 4 aromatic carbocycles. The van der Waals surface area contributed by atoms with E-state index in [9.17, 15) is 21.0 Å². The van der Waals surface area contributed by atoms with Gasteiger partial charge in [-0.2, -0.15) is 21.0 Å². The number of benzene rings is 4. The monoisotopic (exact) mass is 603 g/mol. The number of nitrogens with zero attached hydrogens (tertiary/aromatic N) is 4. The van der Waals surface area contributed by atoms with Crippen LogP contribution < -0.4 is 5.73 Å². The van der Waals surface area contributed by atoms with Crippen molar-refractivity contribution in [2.75, 3.05) is 7.05 Å². The summed E-state index contributed by atoms with van der Waals surface area (Å²) in [4.78, 5) is 0. The van der Waals surface area contributed by atoms with Crippen LogP contribution in [0.4, 0.5) is 8.78 Å². The van der Waals surface area contributed by atoms with E-state index >= 15 is 8.78 Å². The normalized spacial score (nSPS) is 14.4. The second-order valence-electron chi connectivity index (χ2n) is 11.0. The Bertz CT molecular complexity index is 2070. The fourth-order valence-corrected chi connectivity index (χ4v) is 6.68. The number of fused-ring (bicyclic) bond motifs is 4. The van der Waals surface area contributed by atoms with Crippen LogP contribution in [-0.2, 0) is 0 Å². The van der Waals surface area contributed by atoms with Crippen LogP contribution in [0.3, 0.4) is 0 Å². The molecule has 0 saturated heterocycles. The lowest BCUT2D eigenvalue weighted by atomic mass is 9.82. The Morgan fingerprint density at radius 3 is 1.22 bits per heavy atom. The molecule has 0 atom stereocenters. The van der Waals surface area contributed by atoms with Crippen molar-refractivity contribution in [3.63, 3.8) is 0 Å². The van der Waals surface area contributed by atoms with Crippen LogP contribution in [0.5, 0.6) is 0 Å². The van der Waals surface area contributed by atoms with Gasteiger partial charge < -0.3 is 5.73 Å². The molecule has 7 heteroatoms. The van der Waals surface area contributed by atoms with Crippen LogP contribution in [0.25, 0.3) is 44.5 Å². The molecule has 0 unspecified atom stereocenters. The zero-order chi connectivity index (χ0) is 33.4. The third-order valence-corrected chi connectivity index (χ3v) is 8.37. The molecule has 0 aromatic heterocycles. The first-order chi connectivity index (χ1) is 22.2. The topological polar surface area (TPSA) is 121 Å². The minimum absolute atomic E-state index is 0.211. The van der Waals surface area contributed by atoms with Gasteiger partial charge >= 0.3 is 0 Å². The third-order valence-electron chi connectivity index (χ3n) is 8.37. The zero-order valence-corrected chi connectivity index (χ0v) is 25.9. The average Bonchev–Trinajstić information content (AvgIpc) is 3.58. The number of nitriles is 4. The first kappa shape index (κ1) is 31.3. The fraction of sp³-hybridized carbons (Fsp3) is 0.128. The Hall–Kier alpha value is -6.12. The molecular formula is C39H27F2N5. The molecule has 0 saturated carbocycles. The molecule has 0 aliphatic heterocycles. The number of halogens is 2. The largest absolute Gasteiger partial charge is 0.333 e. The summed E-state index contributed by atoms with van der Waals surface area (Å²) in [5.74, 6) is -1.09. The predicted octanol–water partition coefficient (Wildman–Crippen LogP) is 8.77. The minimum atomic E-state index is -0.547. The second kappa shape index (κ2) is 12.1. The highest BCUT2D eigenvalue weighted by Gasteiger charge is 2.41. The fourth-order valence-electron chi connectivity index (χ4n) is 6.68. The summed E-state index contributed by atoms with van der Waals surface area (Å²) in [5.41, 5.74) is 14.2. The van der Waals surface area contributed by atoms with Gasteiger partial charge in [0.15, 0.2) is 0 Å². The van der Waals surface area contributed by atoms with Gasteiger partial charge in [0.1, 0.15) is 11.6 Å². The molecule has 5 nitrogen and oxygen atoms in total. The van der Waals surface area contributed by atoms with Gasteiger partial charge in [-0.3, -0.25) is 0 Å². The smallest absolute Gasteiger partial charge is 0.132 e. The van der Waals surface area contributed by atoms with Gasteiger partial charge in [0.2, 0.25) is 0 Å². The van der Waals surface area contributed by atoms with Crippen molar-refractivity contribution < 1.29 is 8.78 Å². The molecule has 0 fully saturated rings. The van der Waals surface area contributed by atoms with E-state index in [0.717, 1.165) is 22.3 Å². The molecule has 222 valence electrons. The number of allylic oxidation sites excluding steroid dienone is 6. The van der Waals surface area contributed by atoms with E-state index < -0.39 is 11.6 Å². The quantitative estimate of drug-likeness (QED) is 0.230. The summed E-state index contributed by atoms with van der Waals surface area (Å²) in [6.07, 6.45) is 0. The maximum Gasteiger partial charge on any atom is 0.132 e. The van der Waals surface area contributed by atoms with Crippen LogP contribution in [0.1, 0.15) is 58.4 Å². The lowest BCUT2D eigenvalue weighted by molar-refractivity contribution is 0.629. The first-order valence-corrected chi connectivity index (χ1v) is 14.4. The molecule has 0 heterocycles. The molecule has 2 aliphatic rings. The summed E-state index contributed by atoms with van der Waals surface area (Å²) < 4.78 is 31.3. The molecule has 0 amide bonds. The summed E-state index contributed by atoms with van der Waals surface area (Å²) in [6, 6.07) is 25.3. The maximum atomic E-state index is 15.7. The number of hydrogen-bond acceptors (Lipinski definition) is 5. The number of rotatable bonds is 2. The Morgan fingerprint density at radius 2 is 0.913 bits per heavy atom. The minimum Gasteiger partial charge on any atom is -0.333 e. The van der Waals surface area contributed by atoms with Crippen molar-refractivity contribution in [2.45, 2.75) is 27.7 Å². The van der Waals surface area contributed by atoms with Gasteiger partial charge in [-0.15, -0.1) is 0 Å². The lowest BCUT2D eigenvalue weighted by Gasteiger charge is -2.20. The number of hydrogen-bond donors (Lipinski definition) is 1. The Labute approximate surface area is 266 Å². The predicted molar refractivity (Wildman–Crippen MR) is 176 cm³/mol. The van der Waals surface area contributed by atoms with Gasteiger partial charge in [0.25, 0.3) is 0 Å². The SMILES string of the molecule is C/C(C#N)=C1C2=C(/C(=C(/C)C#N)c3c2cccc3-c2c(C)cc(C#N)cc2F)c2cccc(-c3c(C)cc(C#N)cc3F)c2/1.CN. The Balaban J connectivity index is 0.00000204. The van der Waals surface area contributed by atoms with Crippen LogP contribution in [-0.4, -0.2) is 7.05 Å². The molecule has 0 spiro atoms. The molecule has 0 radical (unpaired) electrons. The van der Waals surface area contributed by atoms with Gasteiger partial charge in [-0.25, -0.2) is 8.78 Å². The van der Waals surface area contributed by atoms with E-state index in [1.165, 1.54) is 19.2 Å². The van der Waals surface area contributed by atoms with Crippen molar-refractivity contribution in [3.05, 3.63) is 128 Å². The standard InChI is InChI=1S/C38H22F2N4.CH5N/c1-19-11-23(17-43)13-29(39)31(19)25-7-5-9-27-35(25)33(21(3)15-41)38-28-10-6-8-26(36(28)34(37(27)38)22(4)16-42)32-20(2)12-24(18-44)14-30(32)40;1-2/h5-14H,1-4H3;2H2,1H3/b33-21-,34-22-;. The van der Waals surface area contributed by atoms with Crippen molar-refractivity contribution in [2.24, 2.45) is 5.73 Å². The zero-order valence-electron chi connectivity index (χ0n) is 25.9. The molecule has 46 heavy (non-hydrogen) atoms. The van der Waals surface area contributed by atoms with Crippen molar-refractivity contribution in [1.29, 1.82) is 21.0 Å². The van der Waals surface area contributed by atoms with Gasteiger partial charge in [-0.1, -0.05) is 36.4 Å². The van der Waals surface area contributed by atoms with Gasteiger partial charge in [0, 0.05) is 33.4 Å². The summed E-state index contributed by atoms with van der Waals surface area (Å²) in [7, 11) is 1.50. The van der Waals surface area contributed by atoms with Crippen molar-refractivity contribution >= 4 is 22.3 Å². The number of aryl methyl sites for hydroxylation is 2. The molecule has 2 aliphatic carbocycles. The van der Waals surface area contributed by atoms with Crippen LogP contribution in [0.15, 0.2) is 71.8 Å². The molecular weight excluding hydrogens is 576 g/mol. The van der Waals surface area contributed by atoms with Crippen LogP contribution in [0.2, 0.25) is 0 Å². The Kier molecular flexibility index (Phi) is 8.24. The summed E-state index contributed by atoms with van der Waals surface area (Å²) in [5, 5.41) is 39.2. The third kappa shape index (κ3) is 4.60. The molecule has 6 rings (SSSR count). The highest BCUT2D eigenvalue weighted by Crippen LogP contribution is 2.62. The molecule has 4 aromatic rings.